The zero-order valence-electron chi connectivity index (χ0n) is 10.9. The molecule has 0 atom stereocenters. The summed E-state index contributed by atoms with van der Waals surface area (Å²) in [6.45, 7) is 0. The minimum Gasteiger partial charge on any atom is -0.504 e. The molecule has 7 heteroatoms. The lowest BCUT2D eigenvalue weighted by atomic mass is 10.2. The second kappa shape index (κ2) is 6.89. The van der Waals surface area contributed by atoms with Crippen LogP contribution in [-0.4, -0.2) is 18.4 Å². The van der Waals surface area contributed by atoms with Gasteiger partial charge >= 0.3 is 0 Å². The summed E-state index contributed by atoms with van der Waals surface area (Å²) in [6, 6.07) is 8.03. The number of phenolic OH excluding ortho intramolecular Hbond substituents is 1. The number of benzene rings is 2. The van der Waals surface area contributed by atoms with Crippen LogP contribution in [0.25, 0.3) is 0 Å². The molecule has 0 heterocycles. The van der Waals surface area contributed by atoms with E-state index in [9.17, 15) is 5.11 Å². The lowest BCUT2D eigenvalue weighted by Gasteiger charge is -2.06. The van der Waals surface area contributed by atoms with Crippen LogP contribution >= 0.6 is 34.8 Å². The van der Waals surface area contributed by atoms with Crippen LogP contribution in [0.4, 0.5) is 5.69 Å². The second-order valence-electron chi connectivity index (χ2n) is 4.05. The third-order valence-corrected chi connectivity index (χ3v) is 3.41. The van der Waals surface area contributed by atoms with Crippen molar-refractivity contribution in [3.8, 4) is 11.5 Å². The number of aromatic hydroxyl groups is 1. The molecular weight excluding hydrogens is 335 g/mol. The van der Waals surface area contributed by atoms with Gasteiger partial charge in [-0.1, -0.05) is 34.8 Å². The summed E-state index contributed by atoms with van der Waals surface area (Å²) in [4.78, 5) is 0. The molecule has 110 valence electrons. The van der Waals surface area contributed by atoms with Gasteiger partial charge < -0.3 is 9.84 Å². The van der Waals surface area contributed by atoms with Crippen molar-refractivity contribution in [1.29, 1.82) is 0 Å². The van der Waals surface area contributed by atoms with Crippen molar-refractivity contribution < 1.29 is 9.84 Å². The number of hydrazone groups is 1. The molecule has 0 aliphatic carbocycles. The zero-order chi connectivity index (χ0) is 15.4. The van der Waals surface area contributed by atoms with Crippen LogP contribution in [0.3, 0.4) is 0 Å². The van der Waals surface area contributed by atoms with Crippen LogP contribution in [0.1, 0.15) is 5.56 Å². The summed E-state index contributed by atoms with van der Waals surface area (Å²) in [5, 5.41) is 14.9. The molecule has 0 aliphatic heterocycles. The molecule has 0 spiro atoms. The lowest BCUT2D eigenvalue weighted by Crippen LogP contribution is -1.93. The smallest absolute Gasteiger partial charge is 0.160 e. The summed E-state index contributed by atoms with van der Waals surface area (Å²) >= 11 is 17.9. The number of rotatable bonds is 4. The topological polar surface area (TPSA) is 53.8 Å². The number of halogens is 3. The number of hydrogen-bond donors (Lipinski definition) is 2. The third-order valence-electron chi connectivity index (χ3n) is 2.60. The van der Waals surface area contributed by atoms with Crippen molar-refractivity contribution in [3.05, 3.63) is 51.0 Å². The fraction of sp³-hybridized carbons (Fsp3) is 0.0714. The summed E-state index contributed by atoms with van der Waals surface area (Å²) in [5.41, 5.74) is 3.88. The molecule has 2 N–H and O–H groups in total. The number of ether oxygens (including phenoxy) is 1. The van der Waals surface area contributed by atoms with Gasteiger partial charge in [-0.25, -0.2) is 0 Å². The minimum atomic E-state index is 0.0315. The summed E-state index contributed by atoms with van der Waals surface area (Å²) in [5.74, 6) is 0.424. The molecule has 2 aromatic rings. The molecule has 21 heavy (non-hydrogen) atoms. The van der Waals surface area contributed by atoms with Crippen LogP contribution in [-0.2, 0) is 0 Å². The van der Waals surface area contributed by atoms with Gasteiger partial charge in [0.15, 0.2) is 11.5 Å². The molecule has 0 aliphatic rings. The van der Waals surface area contributed by atoms with Crippen molar-refractivity contribution in [2.75, 3.05) is 12.5 Å². The van der Waals surface area contributed by atoms with E-state index in [1.54, 1.807) is 24.3 Å². The van der Waals surface area contributed by atoms with E-state index in [0.29, 0.717) is 32.1 Å². The van der Waals surface area contributed by atoms with Gasteiger partial charge in [-0.05, 0) is 35.9 Å². The average Bonchev–Trinajstić information content (AvgIpc) is 2.42. The number of nitrogens with one attached hydrogen (secondary N) is 1. The first-order chi connectivity index (χ1) is 10.0. The van der Waals surface area contributed by atoms with Gasteiger partial charge in [-0.2, -0.15) is 5.10 Å². The van der Waals surface area contributed by atoms with E-state index in [4.69, 9.17) is 39.5 Å². The Hall–Kier alpha value is -1.62. The van der Waals surface area contributed by atoms with Gasteiger partial charge in [0.1, 0.15) is 0 Å². The summed E-state index contributed by atoms with van der Waals surface area (Å²) in [6.07, 6.45) is 1.51. The van der Waals surface area contributed by atoms with Crippen LogP contribution in [0.15, 0.2) is 35.4 Å². The Morgan fingerprint density at radius 2 is 1.81 bits per heavy atom. The molecule has 2 aromatic carbocycles. The maximum atomic E-state index is 9.66. The number of hydrogen-bond acceptors (Lipinski definition) is 4. The van der Waals surface area contributed by atoms with Crippen molar-refractivity contribution in [2.24, 2.45) is 5.10 Å². The largest absolute Gasteiger partial charge is 0.504 e. The van der Waals surface area contributed by atoms with E-state index >= 15 is 0 Å². The van der Waals surface area contributed by atoms with Gasteiger partial charge in [0, 0.05) is 5.02 Å². The molecule has 0 fully saturated rings. The Labute approximate surface area is 136 Å². The van der Waals surface area contributed by atoms with Crippen molar-refractivity contribution in [1.82, 2.24) is 0 Å². The van der Waals surface area contributed by atoms with Crippen LogP contribution in [0, 0.1) is 0 Å². The van der Waals surface area contributed by atoms with E-state index in [1.807, 2.05) is 0 Å². The molecule has 0 unspecified atom stereocenters. The van der Waals surface area contributed by atoms with Gasteiger partial charge in [0.2, 0.25) is 0 Å². The monoisotopic (exact) mass is 344 g/mol. The molecular formula is C14H11Cl3N2O2. The first kappa shape index (κ1) is 15.8. The highest BCUT2D eigenvalue weighted by molar-refractivity contribution is 6.41. The van der Waals surface area contributed by atoms with Crippen molar-refractivity contribution >= 4 is 46.7 Å². The molecule has 0 amide bonds. The molecule has 0 saturated carbocycles. The first-order valence-corrected chi connectivity index (χ1v) is 6.95. The quantitative estimate of drug-likeness (QED) is 0.618. The van der Waals surface area contributed by atoms with E-state index in [0.717, 1.165) is 0 Å². The normalized spacial score (nSPS) is 10.9. The van der Waals surface area contributed by atoms with Crippen molar-refractivity contribution in [2.45, 2.75) is 0 Å². The van der Waals surface area contributed by atoms with Gasteiger partial charge in [-0.15, -0.1) is 0 Å². The first-order valence-electron chi connectivity index (χ1n) is 5.82. The predicted octanol–water partition coefficient (Wildman–Crippen LogP) is 4.81. The highest BCUT2D eigenvalue weighted by atomic mass is 35.5. The molecule has 0 radical (unpaired) electrons. The standard InChI is InChI=1S/C14H11Cl3N2O2/c1-21-13-3-2-8(4-12(13)20)7-18-19-14-10(16)5-9(15)6-11(14)17/h2-7,19-20H,1H3/b18-7+. The molecule has 2 rings (SSSR count). The maximum absolute atomic E-state index is 9.66. The number of anilines is 1. The van der Waals surface area contributed by atoms with E-state index in [-0.39, 0.29) is 5.75 Å². The molecule has 4 nitrogen and oxygen atoms in total. The van der Waals surface area contributed by atoms with Gasteiger partial charge in [-0.3, -0.25) is 5.43 Å². The number of phenols is 1. The minimum absolute atomic E-state index is 0.0315. The average molecular weight is 346 g/mol. The SMILES string of the molecule is COc1ccc(/C=N/Nc2c(Cl)cc(Cl)cc2Cl)cc1O. The van der Waals surface area contributed by atoms with Crippen LogP contribution in [0.5, 0.6) is 11.5 Å². The van der Waals surface area contributed by atoms with E-state index in [1.165, 1.54) is 19.4 Å². The van der Waals surface area contributed by atoms with Gasteiger partial charge in [0.25, 0.3) is 0 Å². The molecule has 0 aromatic heterocycles. The van der Waals surface area contributed by atoms with E-state index < -0.39 is 0 Å². The Bertz CT molecular complexity index is 667. The van der Waals surface area contributed by atoms with Crippen LogP contribution in [0.2, 0.25) is 15.1 Å². The zero-order valence-corrected chi connectivity index (χ0v) is 13.2. The molecule has 0 saturated heterocycles. The Kier molecular flexibility index (Phi) is 5.17. The fourth-order valence-electron chi connectivity index (χ4n) is 1.61. The highest BCUT2D eigenvalue weighted by Gasteiger charge is 2.06. The molecule has 0 bridgehead atoms. The lowest BCUT2D eigenvalue weighted by molar-refractivity contribution is 0.373. The Morgan fingerprint density at radius 1 is 1.14 bits per heavy atom. The fourth-order valence-corrected chi connectivity index (χ4v) is 2.51. The summed E-state index contributed by atoms with van der Waals surface area (Å²) < 4.78 is 4.96. The predicted molar refractivity (Wildman–Crippen MR) is 87.3 cm³/mol. The Morgan fingerprint density at radius 3 is 2.38 bits per heavy atom. The Balaban J connectivity index is 2.14. The number of methoxy groups -OCH3 is 1. The van der Waals surface area contributed by atoms with E-state index in [2.05, 4.69) is 10.5 Å². The highest BCUT2D eigenvalue weighted by Crippen LogP contribution is 2.33. The van der Waals surface area contributed by atoms with Crippen LogP contribution < -0.4 is 10.2 Å². The summed E-state index contributed by atoms with van der Waals surface area (Å²) in [7, 11) is 1.48. The second-order valence-corrected chi connectivity index (χ2v) is 5.30. The number of nitrogens with zero attached hydrogens (tertiary/aromatic N) is 1. The third kappa shape index (κ3) is 3.94. The van der Waals surface area contributed by atoms with Gasteiger partial charge in [0.05, 0.1) is 29.1 Å². The maximum Gasteiger partial charge on any atom is 0.160 e. The van der Waals surface area contributed by atoms with Crippen molar-refractivity contribution in [3.63, 3.8) is 0 Å².